The van der Waals surface area contributed by atoms with E-state index in [1.165, 1.54) is 6.92 Å². The van der Waals surface area contributed by atoms with Crippen molar-refractivity contribution in [3.8, 4) is 0 Å². The molecule has 2 aromatic rings. The van der Waals surface area contributed by atoms with E-state index >= 15 is 0 Å². The number of nitrogens with two attached hydrogens (primary N) is 2. The lowest BCUT2D eigenvalue weighted by atomic mass is 9.99. The van der Waals surface area contributed by atoms with Gasteiger partial charge in [-0.2, -0.15) is 0 Å². The van der Waals surface area contributed by atoms with Gasteiger partial charge < -0.3 is 74.4 Å². The number of rotatable bonds is 34. The maximum atomic E-state index is 14.4. The number of hydrogen-bond donors (Lipinski definition) is 14. The molecule has 9 amide bonds. The van der Waals surface area contributed by atoms with Crippen LogP contribution in [-0.2, 0) is 65.6 Å². The summed E-state index contributed by atoms with van der Waals surface area (Å²) in [5.41, 5.74) is 12.3. The minimum absolute atomic E-state index is 0.0709. The molecule has 0 aliphatic carbocycles. The Kier molecular flexibility index (Phi) is 28.0. The average molecular weight is 1080 g/mol. The quantitative estimate of drug-likeness (QED) is 0.0361. The standard InChI is InChI=1S/C52H78N10O15/c1-27(2)22-35(46(70)55-33(18-20-40(53)65)45(69)61-39(26-63)49(73)62-43(29(5)6)51(75)60-38(52(76)77)23-28(3)4)57-48(72)36(24-31-14-10-8-11-15-31)58-44(68)34(19-21-41(66)67)56-47(71)37(25-32-16-12-9-13-17-32)59-50(74)42(54)30(7)64/h8-17,27-30,33-39,42-43,63-64H,18-26,54H2,1-7H3,(H2,53,65)(H,55,70)(H,56,71)(H,57,72)(H,58,68)(H,59,74)(H,60,75)(H,61,69)(H,62,73)(H,66,67)(H,76,77)/t30-,33+,34+,35+,36+,37+,38+,39+,42+,43+/m1/s1. The van der Waals surface area contributed by atoms with Crippen molar-refractivity contribution < 1.29 is 73.2 Å². The first kappa shape index (κ1) is 65.6. The van der Waals surface area contributed by atoms with Gasteiger partial charge in [-0.25, -0.2) is 4.79 Å². The van der Waals surface area contributed by atoms with Crippen LogP contribution in [0.4, 0.5) is 0 Å². The van der Waals surface area contributed by atoms with Crippen LogP contribution in [-0.4, -0.2) is 153 Å². The molecule has 0 saturated heterocycles. The largest absolute Gasteiger partial charge is 0.481 e. The first-order valence-corrected chi connectivity index (χ1v) is 25.4. The van der Waals surface area contributed by atoms with Gasteiger partial charge in [0.25, 0.3) is 0 Å². The van der Waals surface area contributed by atoms with Crippen LogP contribution < -0.4 is 54.0 Å². The number of carboxylic acid groups (broad SMARTS) is 2. The van der Waals surface area contributed by atoms with E-state index in [2.05, 4.69) is 42.5 Å². The number of aliphatic carboxylic acids is 2. The number of carbonyl (C=O) groups is 11. The highest BCUT2D eigenvalue weighted by atomic mass is 16.4. The monoisotopic (exact) mass is 1080 g/mol. The third-order valence-electron chi connectivity index (χ3n) is 12.0. The van der Waals surface area contributed by atoms with E-state index in [1.54, 1.807) is 102 Å². The number of hydrogen-bond acceptors (Lipinski definition) is 14. The molecule has 0 heterocycles. The molecule has 0 fully saturated rings. The topological polar surface area (TPSA) is 417 Å². The normalized spacial score (nSPS) is 15.1. The second-order valence-corrected chi connectivity index (χ2v) is 20.0. The minimum atomic E-state index is -1.74. The Morgan fingerprint density at radius 3 is 1.23 bits per heavy atom. The van der Waals surface area contributed by atoms with Gasteiger partial charge in [-0.05, 0) is 61.5 Å². The predicted octanol–water partition coefficient (Wildman–Crippen LogP) is -1.99. The van der Waals surface area contributed by atoms with Gasteiger partial charge in [0.05, 0.1) is 12.7 Å². The smallest absolute Gasteiger partial charge is 0.326 e. The van der Waals surface area contributed by atoms with Crippen LogP contribution in [0.5, 0.6) is 0 Å². The molecule has 0 aliphatic heterocycles. The Morgan fingerprint density at radius 2 is 0.831 bits per heavy atom. The molecule has 426 valence electrons. The highest BCUT2D eigenvalue weighted by molar-refractivity contribution is 5.98. The molecule has 10 atom stereocenters. The van der Waals surface area contributed by atoms with Gasteiger partial charge >= 0.3 is 11.9 Å². The number of primary amides is 1. The molecule has 2 rings (SSSR count). The number of benzene rings is 2. The molecule has 0 saturated carbocycles. The minimum Gasteiger partial charge on any atom is -0.481 e. The molecular weight excluding hydrogens is 1000 g/mol. The van der Waals surface area contributed by atoms with E-state index in [4.69, 9.17) is 11.5 Å². The summed E-state index contributed by atoms with van der Waals surface area (Å²) in [6, 6.07) is 3.36. The molecule has 0 aliphatic rings. The van der Waals surface area contributed by atoms with Crippen LogP contribution in [0, 0.1) is 17.8 Å². The van der Waals surface area contributed by atoms with Crippen molar-refractivity contribution >= 4 is 65.1 Å². The molecule has 0 spiro atoms. The van der Waals surface area contributed by atoms with Crippen molar-refractivity contribution in [3.63, 3.8) is 0 Å². The molecule has 0 unspecified atom stereocenters. The second kappa shape index (κ2) is 32.8. The van der Waals surface area contributed by atoms with Gasteiger partial charge in [-0.3, -0.25) is 47.9 Å². The molecule has 25 nitrogen and oxygen atoms in total. The van der Waals surface area contributed by atoms with Gasteiger partial charge in [0.1, 0.15) is 54.4 Å². The van der Waals surface area contributed by atoms with Crippen molar-refractivity contribution in [2.75, 3.05) is 6.61 Å². The average Bonchev–Trinajstić information content (AvgIpc) is 3.35. The molecule has 0 radical (unpaired) electrons. The first-order chi connectivity index (χ1) is 36.1. The lowest BCUT2D eigenvalue weighted by Crippen LogP contribution is -2.61. The predicted molar refractivity (Wildman–Crippen MR) is 279 cm³/mol. The number of carboxylic acids is 2. The fourth-order valence-corrected chi connectivity index (χ4v) is 7.70. The second-order valence-electron chi connectivity index (χ2n) is 20.0. The Hall–Kier alpha value is -7.51. The van der Waals surface area contributed by atoms with Gasteiger partial charge in [-0.15, -0.1) is 0 Å². The number of aliphatic hydroxyl groups excluding tert-OH is 2. The Bertz CT molecular complexity index is 2320. The molecule has 2 aromatic carbocycles. The summed E-state index contributed by atoms with van der Waals surface area (Å²) >= 11 is 0. The molecule has 25 heteroatoms. The van der Waals surface area contributed by atoms with Gasteiger partial charge in [0.15, 0.2) is 0 Å². The zero-order valence-electron chi connectivity index (χ0n) is 44.6. The third kappa shape index (κ3) is 23.9. The van der Waals surface area contributed by atoms with E-state index < -0.39 is 164 Å². The number of carbonyl (C=O) groups excluding carboxylic acids is 9. The van der Waals surface area contributed by atoms with Gasteiger partial charge in [0.2, 0.25) is 53.2 Å². The summed E-state index contributed by atoms with van der Waals surface area (Å²) in [6.07, 6.45) is -3.63. The Labute approximate surface area is 447 Å². The Balaban J connectivity index is 2.47. The summed E-state index contributed by atoms with van der Waals surface area (Å²) in [5.74, 6) is -12.3. The molecule has 0 aromatic heterocycles. The van der Waals surface area contributed by atoms with Crippen LogP contribution in [0.25, 0.3) is 0 Å². The van der Waals surface area contributed by atoms with Crippen molar-refractivity contribution in [2.24, 2.45) is 29.2 Å². The van der Waals surface area contributed by atoms with E-state index in [0.29, 0.717) is 11.1 Å². The molecule has 16 N–H and O–H groups in total. The molecule has 0 bridgehead atoms. The van der Waals surface area contributed by atoms with Crippen molar-refractivity contribution in [2.45, 2.75) is 160 Å². The number of aliphatic hydroxyl groups is 2. The summed E-state index contributed by atoms with van der Waals surface area (Å²) < 4.78 is 0. The number of amides is 9. The van der Waals surface area contributed by atoms with Crippen LogP contribution in [0.3, 0.4) is 0 Å². The van der Waals surface area contributed by atoms with Crippen molar-refractivity contribution in [1.82, 2.24) is 42.5 Å². The SMILES string of the molecule is CC(C)C[C@H](NC(=O)[C@@H](NC(=O)[C@H](CO)NC(=O)[C@H](CCC(N)=O)NC(=O)[C@H](CC(C)C)NC(=O)[C@H](Cc1ccccc1)NC(=O)[C@H](CCC(=O)O)NC(=O)[C@H](Cc1ccccc1)NC(=O)[C@@H](N)[C@@H](C)O)C(C)C)C(=O)O. The summed E-state index contributed by atoms with van der Waals surface area (Å²) in [4.78, 5) is 146. The van der Waals surface area contributed by atoms with Crippen molar-refractivity contribution in [3.05, 3.63) is 71.8 Å². The highest BCUT2D eigenvalue weighted by Crippen LogP contribution is 2.13. The summed E-state index contributed by atoms with van der Waals surface area (Å²) in [5, 5.41) is 59.3. The first-order valence-electron chi connectivity index (χ1n) is 25.4. The molecule has 77 heavy (non-hydrogen) atoms. The van der Waals surface area contributed by atoms with E-state index in [1.807, 2.05) is 0 Å². The van der Waals surface area contributed by atoms with Gasteiger partial charge in [-0.1, -0.05) is 102 Å². The van der Waals surface area contributed by atoms with E-state index in [0.717, 1.165) is 0 Å². The third-order valence-corrected chi connectivity index (χ3v) is 12.0. The van der Waals surface area contributed by atoms with Crippen LogP contribution in [0.2, 0.25) is 0 Å². The highest BCUT2D eigenvalue weighted by Gasteiger charge is 2.36. The van der Waals surface area contributed by atoms with Gasteiger partial charge in [0, 0.05) is 25.7 Å². The van der Waals surface area contributed by atoms with Crippen LogP contribution in [0.1, 0.15) is 98.1 Å². The maximum Gasteiger partial charge on any atom is 0.326 e. The fourth-order valence-electron chi connectivity index (χ4n) is 7.70. The lowest BCUT2D eigenvalue weighted by Gasteiger charge is -2.29. The maximum absolute atomic E-state index is 14.4. The van der Waals surface area contributed by atoms with E-state index in [-0.39, 0.29) is 37.5 Å². The number of nitrogens with one attached hydrogen (secondary N) is 8. The van der Waals surface area contributed by atoms with Crippen LogP contribution >= 0.6 is 0 Å². The molecular formula is C52H78N10O15. The van der Waals surface area contributed by atoms with Crippen molar-refractivity contribution in [1.29, 1.82) is 0 Å². The van der Waals surface area contributed by atoms with E-state index in [9.17, 15) is 73.2 Å². The fraction of sp³-hybridized carbons (Fsp3) is 0.558. The zero-order valence-corrected chi connectivity index (χ0v) is 44.6. The van der Waals surface area contributed by atoms with Crippen LogP contribution in [0.15, 0.2) is 60.7 Å². The summed E-state index contributed by atoms with van der Waals surface area (Å²) in [6.45, 7) is 10.4. The summed E-state index contributed by atoms with van der Waals surface area (Å²) in [7, 11) is 0. The Morgan fingerprint density at radius 1 is 0.468 bits per heavy atom. The lowest BCUT2D eigenvalue weighted by molar-refractivity contribution is -0.143. The zero-order chi connectivity index (χ0) is 58.1.